The number of nitrogens with zero attached hydrogens (tertiary/aromatic N) is 2. The zero-order chi connectivity index (χ0) is 20.7. The number of sulfonamides is 1. The molecule has 154 valence electrons. The zero-order valence-corrected chi connectivity index (χ0v) is 16.3. The van der Waals surface area contributed by atoms with Crippen LogP contribution in [0.25, 0.3) is 0 Å². The van der Waals surface area contributed by atoms with Crippen LogP contribution in [0.5, 0.6) is 0 Å². The number of likely N-dealkylation sites (tertiary alicyclic amines) is 1. The van der Waals surface area contributed by atoms with Gasteiger partial charge in [0.15, 0.2) is 0 Å². The minimum atomic E-state index is -3.98. The molecule has 2 N–H and O–H groups in total. The Morgan fingerprint density at radius 1 is 1.11 bits per heavy atom. The molecular formula is C17H23FN4O5S. The predicted octanol–water partition coefficient (Wildman–Crippen LogP) is -0.00380. The Kier molecular flexibility index (Phi) is 7.46. The highest BCUT2D eigenvalue weighted by atomic mass is 32.2. The van der Waals surface area contributed by atoms with Gasteiger partial charge in [0.1, 0.15) is 12.4 Å². The monoisotopic (exact) mass is 414 g/mol. The number of nitrogens with one attached hydrogen (secondary N) is 2. The Hall–Kier alpha value is -2.53. The van der Waals surface area contributed by atoms with E-state index in [1.54, 1.807) is 0 Å². The lowest BCUT2D eigenvalue weighted by Crippen LogP contribution is -2.50. The van der Waals surface area contributed by atoms with Crippen LogP contribution in [0.4, 0.5) is 4.39 Å². The Bertz CT molecular complexity index is 828. The second-order valence-corrected chi connectivity index (χ2v) is 8.48. The lowest BCUT2D eigenvalue weighted by atomic mass is 10.2. The number of hydrogen-bond donors (Lipinski definition) is 2. The fourth-order valence-electron chi connectivity index (χ4n) is 2.67. The van der Waals surface area contributed by atoms with Crippen LogP contribution >= 0.6 is 0 Å². The lowest BCUT2D eigenvalue weighted by molar-refractivity contribution is -0.136. The molecular weight excluding hydrogens is 391 g/mol. The molecule has 1 aromatic carbocycles. The molecule has 1 aliphatic rings. The molecule has 28 heavy (non-hydrogen) atoms. The first-order valence-electron chi connectivity index (χ1n) is 8.77. The normalized spacial score (nSPS) is 15.2. The van der Waals surface area contributed by atoms with E-state index in [0.717, 1.165) is 47.8 Å². The molecule has 0 aromatic heterocycles. The maximum atomic E-state index is 12.9. The number of halogens is 1. The minimum absolute atomic E-state index is 0.107. The molecule has 0 saturated carbocycles. The van der Waals surface area contributed by atoms with Crippen LogP contribution < -0.4 is 10.9 Å². The fraction of sp³-hybridized carbons (Fsp3) is 0.471. The van der Waals surface area contributed by atoms with Gasteiger partial charge in [0.05, 0.1) is 11.4 Å². The molecule has 2 rings (SSSR count). The highest BCUT2D eigenvalue weighted by molar-refractivity contribution is 7.89. The second-order valence-electron chi connectivity index (χ2n) is 6.44. The van der Waals surface area contributed by atoms with Gasteiger partial charge in [0.2, 0.25) is 15.9 Å². The molecule has 0 atom stereocenters. The maximum Gasteiger partial charge on any atom is 0.257 e. The van der Waals surface area contributed by atoms with Crippen molar-refractivity contribution >= 4 is 27.7 Å². The second kappa shape index (κ2) is 9.60. The molecule has 1 heterocycles. The summed E-state index contributed by atoms with van der Waals surface area (Å²) in [5, 5.41) is 0. The van der Waals surface area contributed by atoms with Gasteiger partial charge < -0.3 is 4.90 Å². The zero-order valence-electron chi connectivity index (χ0n) is 15.5. The molecule has 0 bridgehead atoms. The molecule has 9 nitrogen and oxygen atoms in total. The third kappa shape index (κ3) is 5.99. The van der Waals surface area contributed by atoms with E-state index in [9.17, 15) is 27.2 Å². The van der Waals surface area contributed by atoms with Crippen LogP contribution in [0.1, 0.15) is 25.7 Å². The fourth-order valence-corrected chi connectivity index (χ4v) is 3.80. The number of rotatable bonds is 6. The van der Waals surface area contributed by atoms with Gasteiger partial charge in [-0.25, -0.2) is 12.8 Å². The van der Waals surface area contributed by atoms with Crippen molar-refractivity contribution in [3.8, 4) is 0 Å². The van der Waals surface area contributed by atoms with Crippen molar-refractivity contribution in [3.05, 3.63) is 30.1 Å². The minimum Gasteiger partial charge on any atom is -0.333 e. The van der Waals surface area contributed by atoms with E-state index >= 15 is 0 Å². The first-order valence-corrected chi connectivity index (χ1v) is 10.2. The predicted molar refractivity (Wildman–Crippen MR) is 97.5 cm³/mol. The third-order valence-electron chi connectivity index (χ3n) is 4.24. The van der Waals surface area contributed by atoms with Crippen molar-refractivity contribution in [1.29, 1.82) is 0 Å². The highest BCUT2D eigenvalue weighted by Crippen LogP contribution is 2.14. The van der Waals surface area contributed by atoms with Gasteiger partial charge in [0, 0.05) is 20.0 Å². The van der Waals surface area contributed by atoms with Gasteiger partial charge in [-0.3, -0.25) is 25.2 Å². The van der Waals surface area contributed by atoms with Crippen molar-refractivity contribution in [2.45, 2.75) is 30.6 Å². The standard InChI is InChI=1S/C17H23FN4O5S/c1-21(28(26,27)14-8-6-13(18)7-9-14)11-15(23)19-20-16(24)12-22-10-4-2-3-5-17(22)25/h6-9H,2-5,10-12H2,1H3,(H,19,23)(H,20,24). The SMILES string of the molecule is CN(CC(=O)NNC(=O)CN1CCCCCC1=O)S(=O)(=O)c1ccc(F)cc1. The van der Waals surface area contributed by atoms with Gasteiger partial charge in [-0.2, -0.15) is 4.31 Å². The van der Waals surface area contributed by atoms with Crippen molar-refractivity contribution in [2.75, 3.05) is 26.7 Å². The summed E-state index contributed by atoms with van der Waals surface area (Å²) in [6, 6.07) is 4.20. The van der Waals surface area contributed by atoms with E-state index in [1.807, 2.05) is 0 Å². The molecule has 1 saturated heterocycles. The van der Waals surface area contributed by atoms with E-state index in [1.165, 1.54) is 11.9 Å². The summed E-state index contributed by atoms with van der Waals surface area (Å²) < 4.78 is 38.4. The van der Waals surface area contributed by atoms with Crippen LogP contribution in [-0.2, 0) is 24.4 Å². The van der Waals surface area contributed by atoms with Crippen LogP contribution in [-0.4, -0.2) is 62.0 Å². The van der Waals surface area contributed by atoms with Crippen molar-refractivity contribution in [2.24, 2.45) is 0 Å². The average Bonchev–Trinajstić information content (AvgIpc) is 2.85. The number of hydrazine groups is 1. The van der Waals surface area contributed by atoms with Crippen LogP contribution in [0.15, 0.2) is 29.2 Å². The first-order chi connectivity index (χ1) is 13.2. The van der Waals surface area contributed by atoms with E-state index in [0.29, 0.717) is 13.0 Å². The van der Waals surface area contributed by atoms with Crippen LogP contribution in [0.2, 0.25) is 0 Å². The van der Waals surface area contributed by atoms with Gasteiger partial charge in [-0.1, -0.05) is 6.42 Å². The van der Waals surface area contributed by atoms with Crippen molar-refractivity contribution in [1.82, 2.24) is 20.1 Å². The lowest BCUT2D eigenvalue weighted by Gasteiger charge is -2.20. The van der Waals surface area contributed by atoms with Crippen molar-refractivity contribution in [3.63, 3.8) is 0 Å². The number of hydrogen-bond acceptors (Lipinski definition) is 5. The maximum absolute atomic E-state index is 12.9. The average molecular weight is 414 g/mol. The molecule has 1 fully saturated rings. The Labute approximate surface area is 162 Å². The number of carbonyl (C=O) groups is 3. The summed E-state index contributed by atoms with van der Waals surface area (Å²) in [6.45, 7) is -0.246. The summed E-state index contributed by atoms with van der Waals surface area (Å²) in [4.78, 5) is 37.0. The third-order valence-corrected chi connectivity index (χ3v) is 6.05. The number of benzene rings is 1. The number of carbonyl (C=O) groups excluding carboxylic acids is 3. The molecule has 0 spiro atoms. The number of likely N-dealkylation sites (N-methyl/N-ethyl adjacent to an activating group) is 1. The van der Waals surface area contributed by atoms with Crippen LogP contribution in [0.3, 0.4) is 0 Å². The Morgan fingerprint density at radius 3 is 2.43 bits per heavy atom. The van der Waals surface area contributed by atoms with Gasteiger partial charge in [-0.15, -0.1) is 0 Å². The highest BCUT2D eigenvalue weighted by Gasteiger charge is 2.24. The van der Waals surface area contributed by atoms with Crippen LogP contribution in [0, 0.1) is 5.82 Å². The Balaban J connectivity index is 1.83. The van der Waals surface area contributed by atoms with E-state index in [2.05, 4.69) is 10.9 Å². The molecule has 1 aliphatic heterocycles. The summed E-state index contributed by atoms with van der Waals surface area (Å²) in [6.07, 6.45) is 2.93. The summed E-state index contributed by atoms with van der Waals surface area (Å²) in [7, 11) is -2.79. The topological polar surface area (TPSA) is 116 Å². The molecule has 11 heteroatoms. The Morgan fingerprint density at radius 2 is 1.75 bits per heavy atom. The molecule has 3 amide bonds. The van der Waals surface area contributed by atoms with E-state index in [-0.39, 0.29) is 17.3 Å². The first kappa shape index (κ1) is 21.8. The summed E-state index contributed by atoms with van der Waals surface area (Å²) in [5.74, 6) is -2.02. The smallest absolute Gasteiger partial charge is 0.257 e. The van der Waals surface area contributed by atoms with Gasteiger partial charge in [0.25, 0.3) is 11.8 Å². The summed E-state index contributed by atoms with van der Waals surface area (Å²) in [5.41, 5.74) is 4.29. The van der Waals surface area contributed by atoms with E-state index in [4.69, 9.17) is 0 Å². The molecule has 0 aliphatic carbocycles. The number of amides is 3. The molecule has 0 radical (unpaired) electrons. The quantitative estimate of drug-likeness (QED) is 0.636. The van der Waals surface area contributed by atoms with Gasteiger partial charge >= 0.3 is 0 Å². The van der Waals surface area contributed by atoms with Crippen molar-refractivity contribution < 1.29 is 27.2 Å². The molecule has 0 unspecified atom stereocenters. The summed E-state index contributed by atoms with van der Waals surface area (Å²) >= 11 is 0. The largest absolute Gasteiger partial charge is 0.333 e. The molecule has 1 aromatic rings. The van der Waals surface area contributed by atoms with E-state index < -0.39 is 34.2 Å². The van der Waals surface area contributed by atoms with Gasteiger partial charge in [-0.05, 0) is 37.1 Å².